The molecule has 0 radical (unpaired) electrons. The molecular weight excluding hydrogens is 323 g/mol. The van der Waals surface area contributed by atoms with Gasteiger partial charge in [-0.25, -0.2) is 14.2 Å². The highest BCUT2D eigenvalue weighted by Crippen LogP contribution is 2.34. The van der Waals surface area contributed by atoms with Crippen molar-refractivity contribution < 1.29 is 19.1 Å². The first-order valence-corrected chi connectivity index (χ1v) is 8.21. The standard InChI is InChI=1S/C19H19FN2O3/c1-11-16(19(24)25)8-9-17(21-11)18(23)22-15-7-4-13(10-15)12-2-5-14(20)6-3-12/h2-3,5-6,8-9,13,15H,4,7,10H2,1H3,(H,22,23)(H,24,25). The Bertz CT molecular complexity index is 805. The molecule has 0 saturated heterocycles. The molecule has 1 fully saturated rings. The smallest absolute Gasteiger partial charge is 0.337 e. The van der Waals surface area contributed by atoms with Gasteiger partial charge in [-0.2, -0.15) is 0 Å². The van der Waals surface area contributed by atoms with Crippen molar-refractivity contribution in [3.8, 4) is 0 Å². The molecule has 0 spiro atoms. The van der Waals surface area contributed by atoms with Crippen molar-refractivity contribution in [2.45, 2.75) is 38.1 Å². The Balaban J connectivity index is 1.63. The van der Waals surface area contributed by atoms with E-state index in [1.54, 1.807) is 19.1 Å². The summed E-state index contributed by atoms with van der Waals surface area (Å²) in [4.78, 5) is 27.4. The number of pyridine rings is 1. The summed E-state index contributed by atoms with van der Waals surface area (Å²) in [6.45, 7) is 1.57. The minimum absolute atomic E-state index is 0.0313. The van der Waals surface area contributed by atoms with E-state index in [0.717, 1.165) is 24.8 Å². The molecule has 130 valence electrons. The van der Waals surface area contributed by atoms with Crippen LogP contribution in [0.3, 0.4) is 0 Å². The van der Waals surface area contributed by atoms with Gasteiger partial charge in [0, 0.05) is 6.04 Å². The monoisotopic (exact) mass is 342 g/mol. The Kier molecular flexibility index (Phi) is 4.79. The number of hydrogen-bond acceptors (Lipinski definition) is 3. The summed E-state index contributed by atoms with van der Waals surface area (Å²) in [5.41, 5.74) is 1.70. The van der Waals surface area contributed by atoms with Crippen LogP contribution in [0.2, 0.25) is 0 Å². The first kappa shape index (κ1) is 17.1. The zero-order valence-corrected chi connectivity index (χ0v) is 13.8. The minimum atomic E-state index is -1.06. The molecule has 2 unspecified atom stereocenters. The molecular formula is C19H19FN2O3. The predicted octanol–water partition coefficient (Wildman–Crippen LogP) is 3.29. The van der Waals surface area contributed by atoms with E-state index in [0.29, 0.717) is 11.6 Å². The molecule has 0 bridgehead atoms. The van der Waals surface area contributed by atoms with Gasteiger partial charge in [0.2, 0.25) is 0 Å². The van der Waals surface area contributed by atoms with E-state index in [1.807, 2.05) is 0 Å². The van der Waals surface area contributed by atoms with E-state index in [2.05, 4.69) is 10.3 Å². The van der Waals surface area contributed by atoms with E-state index in [9.17, 15) is 14.0 Å². The normalized spacial score (nSPS) is 19.6. The molecule has 3 rings (SSSR count). The topological polar surface area (TPSA) is 79.3 Å². The third-order valence-electron chi connectivity index (χ3n) is 4.66. The number of rotatable bonds is 4. The number of aryl methyl sites for hydroxylation is 1. The highest BCUT2D eigenvalue weighted by atomic mass is 19.1. The number of nitrogens with one attached hydrogen (secondary N) is 1. The fraction of sp³-hybridized carbons (Fsp3) is 0.316. The van der Waals surface area contributed by atoms with Crippen LogP contribution < -0.4 is 5.32 Å². The van der Waals surface area contributed by atoms with Gasteiger partial charge in [-0.05, 0) is 61.9 Å². The molecule has 2 aromatic rings. The number of amides is 1. The van der Waals surface area contributed by atoms with Crippen molar-refractivity contribution in [3.05, 3.63) is 64.7 Å². The summed E-state index contributed by atoms with van der Waals surface area (Å²) in [6.07, 6.45) is 2.57. The number of carboxylic acid groups (broad SMARTS) is 1. The number of nitrogens with zero attached hydrogens (tertiary/aromatic N) is 1. The lowest BCUT2D eigenvalue weighted by Crippen LogP contribution is -2.33. The maximum Gasteiger partial charge on any atom is 0.337 e. The van der Waals surface area contributed by atoms with Crippen LogP contribution >= 0.6 is 0 Å². The van der Waals surface area contributed by atoms with Crippen molar-refractivity contribution in [1.29, 1.82) is 0 Å². The highest BCUT2D eigenvalue weighted by Gasteiger charge is 2.27. The van der Waals surface area contributed by atoms with E-state index < -0.39 is 5.97 Å². The quantitative estimate of drug-likeness (QED) is 0.893. The molecule has 1 aromatic heterocycles. The molecule has 5 nitrogen and oxygen atoms in total. The third-order valence-corrected chi connectivity index (χ3v) is 4.66. The molecule has 2 atom stereocenters. The second kappa shape index (κ2) is 7.01. The number of benzene rings is 1. The Hall–Kier alpha value is -2.76. The number of hydrogen-bond donors (Lipinski definition) is 2. The molecule has 1 aliphatic rings. The highest BCUT2D eigenvalue weighted by molar-refractivity contribution is 5.94. The summed E-state index contributed by atoms with van der Waals surface area (Å²) in [7, 11) is 0. The largest absolute Gasteiger partial charge is 0.478 e. The Morgan fingerprint density at radius 2 is 1.88 bits per heavy atom. The summed E-state index contributed by atoms with van der Waals surface area (Å²) >= 11 is 0. The molecule has 25 heavy (non-hydrogen) atoms. The molecule has 1 heterocycles. The van der Waals surface area contributed by atoms with Crippen molar-refractivity contribution in [2.75, 3.05) is 0 Å². The SMILES string of the molecule is Cc1nc(C(=O)NC2CCC(c3ccc(F)cc3)C2)ccc1C(=O)O. The Morgan fingerprint density at radius 3 is 2.52 bits per heavy atom. The van der Waals surface area contributed by atoms with Gasteiger partial charge in [0.1, 0.15) is 11.5 Å². The lowest BCUT2D eigenvalue weighted by molar-refractivity contribution is 0.0694. The van der Waals surface area contributed by atoms with Gasteiger partial charge in [0.05, 0.1) is 11.3 Å². The maximum absolute atomic E-state index is 13.0. The summed E-state index contributed by atoms with van der Waals surface area (Å²) in [5.74, 6) is -1.31. The van der Waals surface area contributed by atoms with E-state index >= 15 is 0 Å². The first-order valence-electron chi connectivity index (χ1n) is 8.21. The zero-order valence-electron chi connectivity index (χ0n) is 13.8. The molecule has 1 aromatic carbocycles. The lowest BCUT2D eigenvalue weighted by Gasteiger charge is -2.14. The number of aromatic nitrogens is 1. The average Bonchev–Trinajstić information content (AvgIpc) is 3.03. The van der Waals surface area contributed by atoms with Crippen molar-refractivity contribution >= 4 is 11.9 Å². The van der Waals surface area contributed by atoms with Crippen LogP contribution in [0.15, 0.2) is 36.4 Å². The van der Waals surface area contributed by atoms with Crippen LogP contribution in [-0.4, -0.2) is 28.0 Å². The van der Waals surface area contributed by atoms with Gasteiger partial charge in [0.15, 0.2) is 0 Å². The molecule has 1 amide bonds. The fourth-order valence-corrected chi connectivity index (χ4v) is 3.32. The van der Waals surface area contributed by atoms with Crippen molar-refractivity contribution in [1.82, 2.24) is 10.3 Å². The Labute approximate surface area is 144 Å². The number of carbonyl (C=O) groups excluding carboxylic acids is 1. The number of carboxylic acids is 1. The van der Waals surface area contributed by atoms with Gasteiger partial charge >= 0.3 is 5.97 Å². The third kappa shape index (κ3) is 3.84. The van der Waals surface area contributed by atoms with Gasteiger partial charge in [-0.1, -0.05) is 12.1 Å². The molecule has 1 saturated carbocycles. The average molecular weight is 342 g/mol. The van der Waals surface area contributed by atoms with E-state index in [-0.39, 0.29) is 29.0 Å². The predicted molar refractivity (Wildman–Crippen MR) is 90.2 cm³/mol. The summed E-state index contributed by atoms with van der Waals surface area (Å²) in [5, 5.41) is 12.0. The van der Waals surface area contributed by atoms with E-state index in [1.165, 1.54) is 24.3 Å². The molecule has 1 aliphatic carbocycles. The number of aromatic carboxylic acids is 1. The van der Waals surface area contributed by atoms with Gasteiger partial charge < -0.3 is 10.4 Å². The second-order valence-electron chi connectivity index (χ2n) is 6.37. The van der Waals surface area contributed by atoms with Gasteiger partial charge in [0.25, 0.3) is 5.91 Å². The number of halogens is 1. The summed E-state index contributed by atoms with van der Waals surface area (Å²) < 4.78 is 13.0. The summed E-state index contributed by atoms with van der Waals surface area (Å²) in [6, 6.07) is 9.35. The van der Waals surface area contributed by atoms with Crippen LogP contribution in [0, 0.1) is 12.7 Å². The van der Waals surface area contributed by atoms with Gasteiger partial charge in [-0.15, -0.1) is 0 Å². The lowest BCUT2D eigenvalue weighted by atomic mass is 9.97. The molecule has 6 heteroatoms. The fourth-order valence-electron chi connectivity index (χ4n) is 3.32. The minimum Gasteiger partial charge on any atom is -0.478 e. The van der Waals surface area contributed by atoms with Crippen LogP contribution in [0.4, 0.5) is 4.39 Å². The first-order chi connectivity index (χ1) is 11.9. The second-order valence-corrected chi connectivity index (χ2v) is 6.37. The zero-order chi connectivity index (χ0) is 18.0. The molecule has 0 aliphatic heterocycles. The van der Waals surface area contributed by atoms with Crippen molar-refractivity contribution in [3.63, 3.8) is 0 Å². The van der Waals surface area contributed by atoms with Crippen LogP contribution in [0.5, 0.6) is 0 Å². The van der Waals surface area contributed by atoms with E-state index in [4.69, 9.17) is 5.11 Å². The Morgan fingerprint density at radius 1 is 1.16 bits per heavy atom. The van der Waals surface area contributed by atoms with Crippen LogP contribution in [0.25, 0.3) is 0 Å². The molecule has 2 N–H and O–H groups in total. The number of carbonyl (C=O) groups is 2. The maximum atomic E-state index is 13.0. The van der Waals surface area contributed by atoms with Crippen LogP contribution in [0.1, 0.15) is 57.3 Å². The van der Waals surface area contributed by atoms with Gasteiger partial charge in [-0.3, -0.25) is 4.79 Å². The van der Waals surface area contributed by atoms with Crippen molar-refractivity contribution in [2.24, 2.45) is 0 Å². The van der Waals surface area contributed by atoms with Crippen LogP contribution in [-0.2, 0) is 0 Å².